The van der Waals surface area contributed by atoms with Gasteiger partial charge in [0.25, 0.3) is 0 Å². The SMILES string of the molecule is CC[NH+]1CCN(c2nc(C)nc3sc4c(c23)CCC4)CC1. The minimum Gasteiger partial charge on any atom is -0.345 e. The Bertz CT molecular complexity index is 670. The number of hydrogen-bond acceptors (Lipinski definition) is 4. The molecule has 0 radical (unpaired) electrons. The maximum Gasteiger partial charge on any atom is 0.141 e. The molecule has 112 valence electrons. The molecule has 1 aliphatic heterocycles. The fourth-order valence-corrected chi connectivity index (χ4v) is 5.00. The Kier molecular flexibility index (Phi) is 3.34. The van der Waals surface area contributed by atoms with Gasteiger partial charge in [-0.15, -0.1) is 11.3 Å². The van der Waals surface area contributed by atoms with Crippen molar-refractivity contribution in [2.45, 2.75) is 33.1 Å². The molecule has 1 fully saturated rings. The highest BCUT2D eigenvalue weighted by atomic mass is 32.1. The van der Waals surface area contributed by atoms with Crippen molar-refractivity contribution in [1.29, 1.82) is 0 Å². The number of piperazine rings is 1. The van der Waals surface area contributed by atoms with Gasteiger partial charge in [-0.25, -0.2) is 9.97 Å². The molecule has 1 saturated heterocycles. The molecule has 4 nitrogen and oxygen atoms in total. The Hall–Kier alpha value is -1.20. The van der Waals surface area contributed by atoms with Crippen LogP contribution >= 0.6 is 11.3 Å². The summed E-state index contributed by atoms with van der Waals surface area (Å²) in [6, 6.07) is 0. The zero-order chi connectivity index (χ0) is 14.4. The molecule has 2 aromatic rings. The van der Waals surface area contributed by atoms with E-state index >= 15 is 0 Å². The number of aryl methyl sites for hydroxylation is 3. The lowest BCUT2D eigenvalue weighted by molar-refractivity contribution is -0.898. The molecular weight excluding hydrogens is 280 g/mol. The second kappa shape index (κ2) is 5.21. The highest BCUT2D eigenvalue weighted by Gasteiger charge is 2.26. The first-order valence-electron chi connectivity index (χ1n) is 8.13. The van der Waals surface area contributed by atoms with Gasteiger partial charge in [-0.1, -0.05) is 0 Å². The average molecular weight is 303 g/mol. The van der Waals surface area contributed by atoms with Crippen LogP contribution in [0, 0.1) is 6.92 Å². The van der Waals surface area contributed by atoms with E-state index in [4.69, 9.17) is 9.97 Å². The molecule has 2 aliphatic rings. The zero-order valence-electron chi connectivity index (χ0n) is 12.9. The van der Waals surface area contributed by atoms with Gasteiger partial charge in [0.15, 0.2) is 0 Å². The lowest BCUT2D eigenvalue weighted by atomic mass is 10.1. The van der Waals surface area contributed by atoms with Crippen molar-refractivity contribution >= 4 is 27.4 Å². The van der Waals surface area contributed by atoms with Gasteiger partial charge in [0.1, 0.15) is 16.5 Å². The third kappa shape index (κ3) is 2.23. The van der Waals surface area contributed by atoms with Crippen molar-refractivity contribution < 1.29 is 4.90 Å². The first-order valence-corrected chi connectivity index (χ1v) is 8.95. The summed E-state index contributed by atoms with van der Waals surface area (Å²) in [4.78, 5) is 16.5. The van der Waals surface area contributed by atoms with E-state index < -0.39 is 0 Å². The monoisotopic (exact) mass is 303 g/mol. The van der Waals surface area contributed by atoms with E-state index in [0.29, 0.717) is 0 Å². The van der Waals surface area contributed by atoms with Gasteiger partial charge >= 0.3 is 0 Å². The van der Waals surface area contributed by atoms with E-state index in [1.54, 1.807) is 15.3 Å². The van der Waals surface area contributed by atoms with E-state index in [9.17, 15) is 0 Å². The van der Waals surface area contributed by atoms with E-state index in [2.05, 4.69) is 11.8 Å². The minimum atomic E-state index is 0.919. The molecule has 1 N–H and O–H groups in total. The number of likely N-dealkylation sites (N-methyl/N-ethyl adjacent to an activating group) is 1. The Balaban J connectivity index is 1.77. The molecule has 5 heteroatoms. The molecule has 0 bridgehead atoms. The summed E-state index contributed by atoms with van der Waals surface area (Å²) >= 11 is 1.90. The number of quaternary nitrogens is 1. The van der Waals surface area contributed by atoms with E-state index in [1.165, 1.54) is 54.9 Å². The molecule has 0 aromatic carbocycles. The number of anilines is 1. The normalized spacial score (nSPS) is 19.4. The van der Waals surface area contributed by atoms with Crippen LogP contribution in [0.25, 0.3) is 10.2 Å². The van der Waals surface area contributed by atoms with Crippen molar-refractivity contribution in [3.63, 3.8) is 0 Å². The number of thiophene rings is 1. The smallest absolute Gasteiger partial charge is 0.141 e. The minimum absolute atomic E-state index is 0.919. The summed E-state index contributed by atoms with van der Waals surface area (Å²) < 4.78 is 0. The van der Waals surface area contributed by atoms with Gasteiger partial charge in [-0.2, -0.15) is 0 Å². The van der Waals surface area contributed by atoms with Gasteiger partial charge in [-0.05, 0) is 38.7 Å². The van der Waals surface area contributed by atoms with Crippen LogP contribution < -0.4 is 9.80 Å². The Labute approximate surface area is 129 Å². The molecule has 0 amide bonds. The molecule has 0 unspecified atom stereocenters. The third-order valence-corrected chi connectivity index (χ3v) is 6.11. The fourth-order valence-electron chi connectivity index (χ4n) is 3.70. The second-order valence-corrected chi connectivity index (χ2v) is 7.31. The van der Waals surface area contributed by atoms with Crippen molar-refractivity contribution in [1.82, 2.24) is 9.97 Å². The number of fused-ring (bicyclic) bond motifs is 3. The maximum absolute atomic E-state index is 4.84. The second-order valence-electron chi connectivity index (χ2n) is 6.22. The van der Waals surface area contributed by atoms with Gasteiger partial charge in [0.05, 0.1) is 38.1 Å². The summed E-state index contributed by atoms with van der Waals surface area (Å²) in [5, 5.41) is 1.37. The molecule has 21 heavy (non-hydrogen) atoms. The first kappa shape index (κ1) is 13.5. The van der Waals surface area contributed by atoms with Crippen LogP contribution in [0.15, 0.2) is 0 Å². The number of nitrogens with one attached hydrogen (secondary N) is 1. The Morgan fingerprint density at radius 1 is 1.19 bits per heavy atom. The lowest BCUT2D eigenvalue weighted by Crippen LogP contribution is -3.14. The van der Waals surface area contributed by atoms with E-state index in [1.807, 2.05) is 18.3 Å². The Morgan fingerprint density at radius 3 is 2.76 bits per heavy atom. The van der Waals surface area contributed by atoms with Gasteiger partial charge in [0.2, 0.25) is 0 Å². The zero-order valence-corrected chi connectivity index (χ0v) is 13.7. The van der Waals surface area contributed by atoms with Crippen LogP contribution in [0.3, 0.4) is 0 Å². The van der Waals surface area contributed by atoms with Crippen LogP contribution in [-0.2, 0) is 12.8 Å². The predicted octanol–water partition coefficient (Wildman–Crippen LogP) is 1.21. The molecule has 1 aliphatic carbocycles. The Morgan fingerprint density at radius 2 is 2.00 bits per heavy atom. The molecule has 0 atom stereocenters. The standard InChI is InChI=1S/C16H22N4S/c1-3-19-7-9-20(10-8-19)15-14-12-5-4-6-13(12)21-16(14)18-11(2)17-15/h3-10H2,1-2H3/p+1. The third-order valence-electron chi connectivity index (χ3n) is 4.93. The van der Waals surface area contributed by atoms with Crippen molar-refractivity contribution in [3.8, 4) is 0 Å². The summed E-state index contributed by atoms with van der Waals surface area (Å²) in [6.07, 6.45) is 3.76. The van der Waals surface area contributed by atoms with Crippen molar-refractivity contribution in [3.05, 3.63) is 16.3 Å². The molecule has 0 spiro atoms. The topological polar surface area (TPSA) is 33.5 Å². The first-order chi connectivity index (χ1) is 10.3. The van der Waals surface area contributed by atoms with Crippen molar-refractivity contribution in [2.75, 3.05) is 37.6 Å². The number of hydrogen-bond donors (Lipinski definition) is 1. The summed E-state index contributed by atoms with van der Waals surface area (Å²) in [7, 11) is 0. The summed E-state index contributed by atoms with van der Waals surface area (Å²) in [5.74, 6) is 2.13. The summed E-state index contributed by atoms with van der Waals surface area (Å²) in [5.41, 5.74) is 1.55. The lowest BCUT2D eigenvalue weighted by Gasteiger charge is -2.32. The molecule has 4 rings (SSSR count). The van der Waals surface area contributed by atoms with Crippen LogP contribution in [0.1, 0.15) is 29.6 Å². The highest BCUT2D eigenvalue weighted by molar-refractivity contribution is 7.19. The molecule has 2 aromatic heterocycles. The summed E-state index contributed by atoms with van der Waals surface area (Å²) in [6.45, 7) is 10.3. The van der Waals surface area contributed by atoms with Crippen LogP contribution in [0.4, 0.5) is 5.82 Å². The van der Waals surface area contributed by atoms with Crippen LogP contribution in [0.5, 0.6) is 0 Å². The molecular formula is C16H23N4S+. The molecule has 0 saturated carbocycles. The largest absolute Gasteiger partial charge is 0.345 e. The maximum atomic E-state index is 4.84. The van der Waals surface area contributed by atoms with Gasteiger partial charge < -0.3 is 9.80 Å². The predicted molar refractivity (Wildman–Crippen MR) is 87.6 cm³/mol. The quantitative estimate of drug-likeness (QED) is 0.905. The number of aromatic nitrogens is 2. The van der Waals surface area contributed by atoms with Crippen LogP contribution in [0.2, 0.25) is 0 Å². The average Bonchev–Trinajstić information content (AvgIpc) is 3.06. The number of nitrogens with zero attached hydrogens (tertiary/aromatic N) is 3. The highest BCUT2D eigenvalue weighted by Crippen LogP contribution is 2.40. The van der Waals surface area contributed by atoms with E-state index in [-0.39, 0.29) is 0 Å². The van der Waals surface area contributed by atoms with Crippen molar-refractivity contribution in [2.24, 2.45) is 0 Å². The van der Waals surface area contributed by atoms with Gasteiger partial charge in [0, 0.05) is 4.88 Å². The van der Waals surface area contributed by atoms with E-state index in [0.717, 1.165) is 18.9 Å². The van der Waals surface area contributed by atoms with Crippen LogP contribution in [-0.4, -0.2) is 42.7 Å². The fraction of sp³-hybridized carbons (Fsp3) is 0.625. The van der Waals surface area contributed by atoms with Gasteiger partial charge in [-0.3, -0.25) is 0 Å². The number of rotatable bonds is 2. The molecule has 3 heterocycles.